The molecule has 0 fully saturated rings. The average molecular weight is 677 g/mol. The van der Waals surface area contributed by atoms with E-state index in [0.29, 0.717) is 11.1 Å². The maximum atomic E-state index is 14.4. The predicted molar refractivity (Wildman–Crippen MR) is 156 cm³/mol. The number of alkyl carbamates (subject to hydrolysis) is 1. The highest BCUT2D eigenvalue weighted by atomic mass is 19.2. The molecule has 254 valence electrons. The summed E-state index contributed by atoms with van der Waals surface area (Å²) in [6, 6.07) is 13.7. The van der Waals surface area contributed by atoms with Gasteiger partial charge in [-0.25, -0.2) is 27.6 Å². The van der Waals surface area contributed by atoms with Crippen LogP contribution in [0, 0.1) is 29.1 Å². The number of benzene rings is 3. The van der Waals surface area contributed by atoms with Crippen molar-refractivity contribution in [2.24, 2.45) is 0 Å². The fourth-order valence-corrected chi connectivity index (χ4v) is 4.57. The van der Waals surface area contributed by atoms with Crippen LogP contribution in [0.1, 0.15) is 44.9 Å². The Balaban J connectivity index is 1.76. The molecule has 1 aliphatic rings. The topological polar surface area (TPSA) is 129 Å². The Labute approximate surface area is 270 Å². The molecule has 0 aliphatic carbocycles. The van der Waals surface area contributed by atoms with Crippen LogP contribution >= 0.6 is 0 Å². The van der Waals surface area contributed by atoms with Crippen LogP contribution in [-0.4, -0.2) is 47.7 Å². The van der Waals surface area contributed by atoms with Gasteiger partial charge in [0.2, 0.25) is 52.6 Å². The van der Waals surface area contributed by atoms with E-state index in [1.807, 2.05) is 0 Å². The molecule has 3 aromatic carbocycles. The number of hydrogen-bond donors (Lipinski definition) is 2. The Morgan fingerprint density at radius 1 is 0.771 bits per heavy atom. The quantitative estimate of drug-likeness (QED) is 0.108. The molecule has 10 nitrogen and oxygen atoms in total. The summed E-state index contributed by atoms with van der Waals surface area (Å²) in [5.74, 6) is -18.8. The maximum absolute atomic E-state index is 14.4. The number of rotatable bonds is 8. The fourth-order valence-electron chi connectivity index (χ4n) is 4.57. The molecule has 0 unspecified atom stereocenters. The SMILES string of the molecule is CC(=O)N[C@@H]1[C@@H](NC(=O)OC(C)(C)C)C=C(C(=O)OC(c2ccccc2)c2ccccc2)O[C@H]1C(=O)Oc1c(F)c(F)c(F)c(F)c1F. The van der Waals surface area contributed by atoms with Crippen LogP contribution in [-0.2, 0) is 28.6 Å². The van der Waals surface area contributed by atoms with Gasteiger partial charge in [-0.2, -0.15) is 8.78 Å². The first-order valence-corrected chi connectivity index (χ1v) is 14.3. The van der Waals surface area contributed by atoms with Gasteiger partial charge in [-0.15, -0.1) is 0 Å². The Morgan fingerprint density at radius 2 is 1.27 bits per heavy atom. The monoisotopic (exact) mass is 676 g/mol. The summed E-state index contributed by atoms with van der Waals surface area (Å²) < 4.78 is 91.4. The summed E-state index contributed by atoms with van der Waals surface area (Å²) in [5, 5.41) is 4.67. The summed E-state index contributed by atoms with van der Waals surface area (Å²) in [5.41, 5.74) is 0.0120. The van der Waals surface area contributed by atoms with Gasteiger partial charge < -0.3 is 29.6 Å². The number of carbonyl (C=O) groups excluding carboxylic acids is 4. The van der Waals surface area contributed by atoms with Crippen molar-refractivity contribution in [2.75, 3.05) is 0 Å². The first-order valence-electron chi connectivity index (χ1n) is 14.3. The molecule has 48 heavy (non-hydrogen) atoms. The van der Waals surface area contributed by atoms with Crippen molar-refractivity contribution in [3.8, 4) is 5.75 Å². The Hall–Kier alpha value is -5.47. The van der Waals surface area contributed by atoms with Gasteiger partial charge in [-0.3, -0.25) is 4.79 Å². The molecule has 4 rings (SSSR count). The standard InChI is InChI=1S/C33H29F5N2O8/c1-16(41)39-26-19(40-32(44)48-33(2,3)4)15-20(30(42)46-27(17-11-7-5-8-12-17)18-13-9-6-10-14-18)45-29(26)31(43)47-28-24(37)22(35)21(34)23(36)25(28)38/h5-15,19,26-27,29H,1-4H3,(H,39,41)(H,40,44)/t19-,26+,29+/m0/s1. The molecule has 3 aromatic rings. The number of esters is 2. The van der Waals surface area contributed by atoms with Crippen molar-refractivity contribution in [3.05, 3.63) is 113 Å². The molecule has 15 heteroatoms. The smallest absolute Gasteiger partial charge is 0.408 e. The first kappa shape index (κ1) is 35.4. The molecule has 3 atom stereocenters. The molecular formula is C33H29F5N2O8. The highest BCUT2D eigenvalue weighted by molar-refractivity contribution is 5.89. The summed E-state index contributed by atoms with van der Waals surface area (Å²) >= 11 is 0. The van der Waals surface area contributed by atoms with Crippen molar-refractivity contribution >= 4 is 23.9 Å². The van der Waals surface area contributed by atoms with E-state index in [4.69, 9.17) is 14.2 Å². The van der Waals surface area contributed by atoms with Gasteiger partial charge in [0.05, 0.1) is 6.04 Å². The van der Waals surface area contributed by atoms with E-state index in [1.165, 1.54) is 20.8 Å². The minimum atomic E-state index is -2.50. The summed E-state index contributed by atoms with van der Waals surface area (Å²) in [4.78, 5) is 52.0. The van der Waals surface area contributed by atoms with E-state index >= 15 is 0 Å². The van der Waals surface area contributed by atoms with Gasteiger partial charge >= 0.3 is 18.0 Å². The Bertz CT molecular complexity index is 1660. The molecule has 1 aliphatic heterocycles. The van der Waals surface area contributed by atoms with E-state index in [9.17, 15) is 41.1 Å². The van der Waals surface area contributed by atoms with Crippen LogP contribution in [0.3, 0.4) is 0 Å². The minimum absolute atomic E-state index is 0.523. The molecule has 0 spiro atoms. The summed E-state index contributed by atoms with van der Waals surface area (Å²) in [7, 11) is 0. The molecule has 2 N–H and O–H groups in total. The highest BCUT2D eigenvalue weighted by Crippen LogP contribution is 2.32. The van der Waals surface area contributed by atoms with E-state index in [2.05, 4.69) is 15.4 Å². The van der Waals surface area contributed by atoms with E-state index < -0.39 is 94.4 Å². The third-order valence-corrected chi connectivity index (χ3v) is 6.59. The lowest BCUT2D eigenvalue weighted by Gasteiger charge is -2.36. The Kier molecular flexibility index (Phi) is 10.7. The summed E-state index contributed by atoms with van der Waals surface area (Å²) in [6.45, 7) is 5.63. The van der Waals surface area contributed by atoms with Crippen LogP contribution < -0.4 is 15.4 Å². The number of carbonyl (C=O) groups is 4. The van der Waals surface area contributed by atoms with E-state index in [1.54, 1.807) is 60.7 Å². The van der Waals surface area contributed by atoms with Crippen LogP contribution in [0.25, 0.3) is 0 Å². The maximum Gasteiger partial charge on any atom is 0.408 e. The molecule has 0 bridgehead atoms. The average Bonchev–Trinajstić information content (AvgIpc) is 3.03. The lowest BCUT2D eigenvalue weighted by Crippen LogP contribution is -2.62. The number of halogens is 5. The second-order valence-corrected chi connectivity index (χ2v) is 11.4. The molecule has 0 saturated heterocycles. The molecular weight excluding hydrogens is 647 g/mol. The number of nitrogens with one attached hydrogen (secondary N) is 2. The second-order valence-electron chi connectivity index (χ2n) is 11.4. The lowest BCUT2D eigenvalue weighted by atomic mass is 9.97. The van der Waals surface area contributed by atoms with Crippen molar-refractivity contribution < 1.29 is 60.1 Å². The minimum Gasteiger partial charge on any atom is -0.469 e. The van der Waals surface area contributed by atoms with Crippen molar-refractivity contribution in [1.82, 2.24) is 10.6 Å². The zero-order valence-corrected chi connectivity index (χ0v) is 25.8. The van der Waals surface area contributed by atoms with Crippen molar-refractivity contribution in [2.45, 2.75) is 57.6 Å². The van der Waals surface area contributed by atoms with Crippen molar-refractivity contribution in [1.29, 1.82) is 0 Å². The van der Waals surface area contributed by atoms with E-state index in [0.717, 1.165) is 13.0 Å². The molecule has 0 aromatic heterocycles. The van der Waals surface area contributed by atoms with Gasteiger partial charge in [0.15, 0.2) is 6.10 Å². The third kappa shape index (κ3) is 8.27. The highest BCUT2D eigenvalue weighted by Gasteiger charge is 2.45. The Morgan fingerprint density at radius 3 is 1.75 bits per heavy atom. The molecule has 0 radical (unpaired) electrons. The largest absolute Gasteiger partial charge is 0.469 e. The second kappa shape index (κ2) is 14.5. The van der Waals surface area contributed by atoms with Gasteiger partial charge in [0.25, 0.3) is 0 Å². The van der Waals surface area contributed by atoms with Gasteiger partial charge in [0.1, 0.15) is 11.6 Å². The van der Waals surface area contributed by atoms with Crippen LogP contribution in [0.4, 0.5) is 26.7 Å². The fraction of sp³-hybridized carbons (Fsp3) is 0.273. The first-order chi connectivity index (χ1) is 22.6. The van der Waals surface area contributed by atoms with Crippen molar-refractivity contribution in [3.63, 3.8) is 0 Å². The van der Waals surface area contributed by atoms with Gasteiger partial charge in [-0.05, 0) is 38.0 Å². The number of hydrogen-bond acceptors (Lipinski definition) is 8. The molecule has 2 amide bonds. The molecule has 1 heterocycles. The van der Waals surface area contributed by atoms with Gasteiger partial charge in [0, 0.05) is 6.92 Å². The number of ether oxygens (including phenoxy) is 4. The number of amides is 2. The van der Waals surface area contributed by atoms with Crippen LogP contribution in [0.5, 0.6) is 5.75 Å². The normalized spacial score (nSPS) is 17.5. The predicted octanol–water partition coefficient (Wildman–Crippen LogP) is 5.30. The summed E-state index contributed by atoms with van der Waals surface area (Å²) in [6.07, 6.45) is -3.37. The lowest BCUT2D eigenvalue weighted by molar-refractivity contribution is -0.156. The molecule has 0 saturated carbocycles. The third-order valence-electron chi connectivity index (χ3n) is 6.59. The van der Waals surface area contributed by atoms with Crippen LogP contribution in [0.2, 0.25) is 0 Å². The van der Waals surface area contributed by atoms with E-state index in [-0.39, 0.29) is 0 Å². The van der Waals surface area contributed by atoms with Gasteiger partial charge in [-0.1, -0.05) is 60.7 Å². The zero-order chi connectivity index (χ0) is 35.3. The van der Waals surface area contributed by atoms with Crippen LogP contribution in [0.15, 0.2) is 72.5 Å². The zero-order valence-electron chi connectivity index (χ0n) is 25.8.